The molecule has 1 N–H and O–H groups in total. The first kappa shape index (κ1) is 29.3. The van der Waals surface area contributed by atoms with Gasteiger partial charge >= 0.3 is 0 Å². The fraction of sp³-hybridized carbons (Fsp3) is 0.206. The van der Waals surface area contributed by atoms with E-state index < -0.39 is 0 Å². The van der Waals surface area contributed by atoms with Crippen LogP contribution < -0.4 is 10.1 Å². The Labute approximate surface area is 265 Å². The van der Waals surface area contributed by atoms with Crippen LogP contribution in [-0.4, -0.2) is 52.4 Å². The van der Waals surface area contributed by atoms with Crippen LogP contribution in [0.4, 0.5) is 11.6 Å². The Kier molecular flexibility index (Phi) is 9.60. The Balaban J connectivity index is 1.25. The highest BCUT2D eigenvalue weighted by atomic mass is 32.2. The van der Waals surface area contributed by atoms with Crippen LogP contribution >= 0.6 is 34.9 Å². The summed E-state index contributed by atoms with van der Waals surface area (Å²) in [4.78, 5) is 12.8. The van der Waals surface area contributed by atoms with E-state index in [0.717, 1.165) is 67.3 Å². The van der Waals surface area contributed by atoms with Gasteiger partial charge in [0.15, 0.2) is 0 Å². The first-order chi connectivity index (χ1) is 21.2. The van der Waals surface area contributed by atoms with Crippen molar-refractivity contribution < 1.29 is 4.74 Å². The van der Waals surface area contributed by atoms with Crippen molar-refractivity contribution in [1.82, 2.24) is 14.9 Å². The van der Waals surface area contributed by atoms with Gasteiger partial charge in [-0.1, -0.05) is 54.6 Å². The molecule has 2 aromatic heterocycles. The highest BCUT2D eigenvalue weighted by Gasteiger charge is 2.22. The number of thiophene rings is 1. The zero-order valence-electron chi connectivity index (χ0n) is 23.8. The molecule has 0 radical (unpaired) electrons. The SMILES string of the molecule is CSc1sc(-c2ccnc(Nc3cccc(OCCCN4CCSC4)c3)n2)c(-c2cccc(-c3ccccc3)c2)c1C#N. The third kappa shape index (κ3) is 7.06. The Morgan fingerprint density at radius 1 is 1.00 bits per heavy atom. The maximum atomic E-state index is 10.2. The summed E-state index contributed by atoms with van der Waals surface area (Å²) in [6, 6.07) is 31.0. The summed E-state index contributed by atoms with van der Waals surface area (Å²) < 4.78 is 7.01. The lowest BCUT2D eigenvalue weighted by atomic mass is 9.96. The summed E-state index contributed by atoms with van der Waals surface area (Å²) in [5.41, 5.74) is 6.44. The van der Waals surface area contributed by atoms with E-state index in [1.54, 1.807) is 29.3 Å². The molecule has 5 aromatic rings. The van der Waals surface area contributed by atoms with Gasteiger partial charge < -0.3 is 10.1 Å². The lowest BCUT2D eigenvalue weighted by Gasteiger charge is -2.14. The predicted molar refractivity (Wildman–Crippen MR) is 181 cm³/mol. The quantitative estimate of drug-likeness (QED) is 0.116. The standard InChI is InChI=1S/C34H31N5OS3/c1-41-33-29(22-35)31(26-11-5-10-25(20-26)24-8-3-2-4-9-24)32(43-33)30-14-15-36-34(38-30)37-27-12-6-13-28(21-27)40-18-7-16-39-17-19-42-23-39/h2-6,8-15,20-21H,7,16-19,23H2,1H3,(H,36,37,38). The Morgan fingerprint density at radius 3 is 2.65 bits per heavy atom. The van der Waals surface area contributed by atoms with Crippen LogP contribution in [0.1, 0.15) is 12.0 Å². The highest BCUT2D eigenvalue weighted by Crippen LogP contribution is 2.46. The van der Waals surface area contributed by atoms with Crippen LogP contribution in [0.2, 0.25) is 0 Å². The van der Waals surface area contributed by atoms with Crippen molar-refractivity contribution in [2.24, 2.45) is 0 Å². The normalized spacial score (nSPS) is 13.1. The van der Waals surface area contributed by atoms with Crippen molar-refractivity contribution in [3.05, 3.63) is 96.7 Å². The summed E-state index contributed by atoms with van der Waals surface area (Å²) in [6.07, 6.45) is 4.77. The van der Waals surface area contributed by atoms with Crippen LogP contribution in [0.5, 0.6) is 5.75 Å². The average Bonchev–Trinajstić information content (AvgIpc) is 3.72. The molecular formula is C34H31N5OS3. The molecule has 6 rings (SSSR count). The predicted octanol–water partition coefficient (Wildman–Crippen LogP) is 8.65. The molecule has 0 amide bonds. The lowest BCUT2D eigenvalue weighted by Crippen LogP contribution is -2.22. The second-order valence-electron chi connectivity index (χ2n) is 10.0. The summed E-state index contributed by atoms with van der Waals surface area (Å²) in [6.45, 7) is 2.92. The monoisotopic (exact) mass is 621 g/mol. The molecule has 1 fully saturated rings. The average molecular weight is 622 g/mol. The number of ether oxygens (including phenoxy) is 1. The molecule has 0 atom stereocenters. The molecule has 0 aliphatic carbocycles. The fourth-order valence-electron chi connectivity index (χ4n) is 5.04. The van der Waals surface area contributed by atoms with E-state index in [0.29, 0.717) is 18.1 Å². The summed E-state index contributed by atoms with van der Waals surface area (Å²) in [5, 5.41) is 13.6. The maximum absolute atomic E-state index is 10.2. The Bertz CT molecular complexity index is 1730. The fourth-order valence-corrected chi connectivity index (χ4v) is 7.98. The minimum atomic E-state index is 0.489. The van der Waals surface area contributed by atoms with Crippen LogP contribution in [-0.2, 0) is 0 Å². The first-order valence-electron chi connectivity index (χ1n) is 14.1. The van der Waals surface area contributed by atoms with Gasteiger partial charge in [-0.25, -0.2) is 9.97 Å². The molecule has 1 aliphatic heterocycles. The molecule has 0 unspecified atom stereocenters. The number of rotatable bonds is 11. The van der Waals surface area contributed by atoms with Gasteiger partial charge in [0.25, 0.3) is 0 Å². The number of benzene rings is 3. The summed E-state index contributed by atoms with van der Waals surface area (Å²) in [7, 11) is 0. The zero-order valence-corrected chi connectivity index (χ0v) is 26.3. The van der Waals surface area contributed by atoms with Crippen molar-refractivity contribution >= 4 is 46.5 Å². The second kappa shape index (κ2) is 14.1. The van der Waals surface area contributed by atoms with Crippen molar-refractivity contribution in [2.45, 2.75) is 10.6 Å². The summed E-state index contributed by atoms with van der Waals surface area (Å²) >= 11 is 5.18. The second-order valence-corrected chi connectivity index (χ2v) is 13.2. The third-order valence-corrected chi connectivity index (χ3v) is 10.5. The van der Waals surface area contributed by atoms with Crippen LogP contribution in [0, 0.1) is 11.3 Å². The molecule has 3 heterocycles. The molecule has 3 aromatic carbocycles. The largest absolute Gasteiger partial charge is 0.493 e. The van der Waals surface area contributed by atoms with Crippen LogP contribution in [0.3, 0.4) is 0 Å². The van der Waals surface area contributed by atoms with Crippen LogP contribution in [0.25, 0.3) is 32.8 Å². The van der Waals surface area contributed by atoms with Gasteiger partial charge in [-0.05, 0) is 53.6 Å². The molecule has 43 heavy (non-hydrogen) atoms. The van der Waals surface area contributed by atoms with Crippen LogP contribution in [0.15, 0.2) is 95.3 Å². The van der Waals surface area contributed by atoms with E-state index in [1.165, 1.54) is 12.3 Å². The van der Waals surface area contributed by atoms with E-state index in [4.69, 9.17) is 9.72 Å². The number of nitrogens with zero attached hydrogens (tertiary/aromatic N) is 4. The minimum Gasteiger partial charge on any atom is -0.493 e. The molecule has 1 aliphatic rings. The number of anilines is 2. The molecule has 1 saturated heterocycles. The van der Waals surface area contributed by atoms with E-state index in [9.17, 15) is 5.26 Å². The Hall–Kier alpha value is -3.81. The molecule has 6 nitrogen and oxygen atoms in total. The number of hydrogen-bond donors (Lipinski definition) is 1. The van der Waals surface area contributed by atoms with Gasteiger partial charge in [-0.2, -0.15) is 5.26 Å². The first-order valence-corrected chi connectivity index (χ1v) is 17.3. The minimum absolute atomic E-state index is 0.489. The van der Waals surface area contributed by atoms with E-state index in [-0.39, 0.29) is 0 Å². The summed E-state index contributed by atoms with van der Waals surface area (Å²) in [5.74, 6) is 3.66. The van der Waals surface area contributed by atoms with Gasteiger partial charge in [0.1, 0.15) is 11.8 Å². The highest BCUT2D eigenvalue weighted by molar-refractivity contribution is 8.00. The molecule has 0 spiro atoms. The van der Waals surface area contributed by atoms with Crippen molar-refractivity contribution in [2.75, 3.05) is 42.9 Å². The number of hydrogen-bond acceptors (Lipinski definition) is 9. The van der Waals surface area contributed by atoms with Gasteiger partial charge in [0.2, 0.25) is 5.95 Å². The Morgan fingerprint density at radius 2 is 1.84 bits per heavy atom. The van der Waals surface area contributed by atoms with Gasteiger partial charge in [-0.15, -0.1) is 34.9 Å². The van der Waals surface area contributed by atoms with Gasteiger partial charge in [0, 0.05) is 48.2 Å². The smallest absolute Gasteiger partial charge is 0.227 e. The lowest BCUT2D eigenvalue weighted by molar-refractivity contribution is 0.269. The van der Waals surface area contributed by atoms with Crippen molar-refractivity contribution in [3.63, 3.8) is 0 Å². The zero-order chi connectivity index (χ0) is 29.4. The topological polar surface area (TPSA) is 74.1 Å². The van der Waals surface area contributed by atoms with Gasteiger partial charge in [0.05, 0.1) is 27.0 Å². The molecular weight excluding hydrogens is 591 g/mol. The molecule has 0 bridgehead atoms. The molecule has 0 saturated carbocycles. The number of nitriles is 1. The molecule has 216 valence electrons. The number of thioether (sulfide) groups is 2. The molecule has 9 heteroatoms. The third-order valence-electron chi connectivity index (χ3n) is 7.12. The van der Waals surface area contributed by atoms with Crippen molar-refractivity contribution in [1.29, 1.82) is 5.26 Å². The maximum Gasteiger partial charge on any atom is 0.227 e. The van der Waals surface area contributed by atoms with Gasteiger partial charge in [-0.3, -0.25) is 4.90 Å². The van der Waals surface area contributed by atoms with E-state index >= 15 is 0 Å². The number of nitrogens with one attached hydrogen (secondary N) is 1. The van der Waals surface area contributed by atoms with E-state index in [1.807, 2.05) is 72.6 Å². The van der Waals surface area contributed by atoms with Crippen molar-refractivity contribution in [3.8, 4) is 44.6 Å². The number of aromatic nitrogens is 2. The van der Waals surface area contributed by atoms with E-state index in [2.05, 4.69) is 51.6 Å².